The van der Waals surface area contributed by atoms with Crippen LogP contribution in [0, 0.1) is 5.92 Å². The Bertz CT molecular complexity index is 223. The topological polar surface area (TPSA) is 24.5 Å². The van der Waals surface area contributed by atoms with Crippen LogP contribution in [0.5, 0.6) is 0 Å². The van der Waals surface area contributed by atoms with Crippen LogP contribution >= 0.6 is 0 Å². The third-order valence-electron chi connectivity index (χ3n) is 4.66. The van der Waals surface area contributed by atoms with Gasteiger partial charge in [-0.1, -0.05) is 13.8 Å². The van der Waals surface area contributed by atoms with Crippen LogP contribution in [0.4, 0.5) is 0 Å². The zero-order valence-corrected chi connectivity index (χ0v) is 13.0. The minimum absolute atomic E-state index is 0.273. The monoisotopic (exact) mass is 256 g/mol. The molecule has 1 aliphatic rings. The number of nitrogens with zero attached hydrogens (tertiary/aromatic N) is 1. The van der Waals surface area contributed by atoms with Gasteiger partial charge in [0.15, 0.2) is 0 Å². The summed E-state index contributed by atoms with van der Waals surface area (Å²) in [4.78, 5) is 2.43. The zero-order chi connectivity index (χ0) is 13.6. The quantitative estimate of drug-likeness (QED) is 0.708. The summed E-state index contributed by atoms with van der Waals surface area (Å²) in [6, 6.07) is 0.437. The second-order valence-electron chi connectivity index (χ2n) is 6.10. The van der Waals surface area contributed by atoms with Gasteiger partial charge < -0.3 is 15.0 Å². The first-order chi connectivity index (χ1) is 8.56. The molecule has 18 heavy (non-hydrogen) atoms. The third kappa shape index (κ3) is 3.69. The average molecular weight is 256 g/mol. The molecule has 0 aliphatic heterocycles. The maximum Gasteiger partial charge on any atom is 0.0637 e. The van der Waals surface area contributed by atoms with Crippen LogP contribution in [0.3, 0.4) is 0 Å². The largest absolute Gasteiger partial charge is 0.380 e. The highest BCUT2D eigenvalue weighted by Crippen LogP contribution is 2.37. The first-order valence-corrected chi connectivity index (χ1v) is 7.49. The van der Waals surface area contributed by atoms with Crippen LogP contribution in [0.2, 0.25) is 0 Å². The molecule has 0 aromatic heterocycles. The molecule has 0 heterocycles. The van der Waals surface area contributed by atoms with Crippen molar-refractivity contribution in [1.29, 1.82) is 0 Å². The van der Waals surface area contributed by atoms with E-state index in [1.807, 2.05) is 0 Å². The Labute approximate surface area is 113 Å². The van der Waals surface area contributed by atoms with E-state index >= 15 is 0 Å². The molecule has 1 rings (SSSR count). The number of hydrogen-bond donors (Lipinski definition) is 1. The van der Waals surface area contributed by atoms with E-state index in [1.165, 1.54) is 25.7 Å². The molecule has 1 N–H and O–H groups in total. The normalized spacial score (nSPS) is 30.7. The molecule has 1 fully saturated rings. The van der Waals surface area contributed by atoms with E-state index < -0.39 is 0 Å². The molecule has 1 saturated carbocycles. The molecule has 0 aromatic rings. The summed E-state index contributed by atoms with van der Waals surface area (Å²) < 4.78 is 5.80. The Balaban J connectivity index is 2.68. The lowest BCUT2D eigenvalue weighted by Crippen LogP contribution is -2.61. The smallest absolute Gasteiger partial charge is 0.0637 e. The Morgan fingerprint density at radius 1 is 1.33 bits per heavy atom. The molecular weight excluding hydrogens is 224 g/mol. The molecule has 0 spiro atoms. The van der Waals surface area contributed by atoms with Crippen LogP contribution in [-0.4, -0.2) is 50.8 Å². The maximum absolute atomic E-state index is 5.80. The van der Waals surface area contributed by atoms with E-state index in [-0.39, 0.29) is 5.54 Å². The SMILES string of the molecule is CCCOCC(NC)C1(N(C)C)CCC(C)CC1. The summed E-state index contributed by atoms with van der Waals surface area (Å²) in [6.45, 7) is 6.24. The van der Waals surface area contributed by atoms with Crippen molar-refractivity contribution in [3.05, 3.63) is 0 Å². The predicted octanol–water partition coefficient (Wildman–Crippen LogP) is 2.51. The van der Waals surface area contributed by atoms with E-state index in [0.29, 0.717) is 6.04 Å². The van der Waals surface area contributed by atoms with Crippen LogP contribution in [-0.2, 0) is 4.74 Å². The van der Waals surface area contributed by atoms with Gasteiger partial charge in [-0.15, -0.1) is 0 Å². The lowest BCUT2D eigenvalue weighted by molar-refractivity contribution is 0.00249. The Morgan fingerprint density at radius 3 is 2.39 bits per heavy atom. The van der Waals surface area contributed by atoms with E-state index in [9.17, 15) is 0 Å². The van der Waals surface area contributed by atoms with Crippen molar-refractivity contribution in [3.8, 4) is 0 Å². The highest BCUT2D eigenvalue weighted by Gasteiger charge is 2.42. The minimum Gasteiger partial charge on any atom is -0.380 e. The van der Waals surface area contributed by atoms with E-state index in [2.05, 4.69) is 45.2 Å². The summed E-state index contributed by atoms with van der Waals surface area (Å²) in [5.74, 6) is 0.882. The number of hydrogen-bond acceptors (Lipinski definition) is 3. The van der Waals surface area contributed by atoms with Gasteiger partial charge in [-0.05, 0) is 59.2 Å². The van der Waals surface area contributed by atoms with Crippen LogP contribution < -0.4 is 5.32 Å². The number of likely N-dealkylation sites (N-methyl/N-ethyl adjacent to an activating group) is 2. The minimum atomic E-state index is 0.273. The van der Waals surface area contributed by atoms with Crippen molar-refractivity contribution in [1.82, 2.24) is 10.2 Å². The number of ether oxygens (including phenoxy) is 1. The predicted molar refractivity (Wildman–Crippen MR) is 78.0 cm³/mol. The maximum atomic E-state index is 5.80. The van der Waals surface area contributed by atoms with E-state index in [4.69, 9.17) is 4.74 Å². The number of rotatable bonds is 7. The summed E-state index contributed by atoms with van der Waals surface area (Å²) in [5.41, 5.74) is 0.273. The average Bonchev–Trinajstić information content (AvgIpc) is 2.36. The van der Waals surface area contributed by atoms with Crippen molar-refractivity contribution >= 4 is 0 Å². The Kier molecular flexibility index (Phi) is 6.61. The summed E-state index contributed by atoms with van der Waals surface area (Å²) in [7, 11) is 6.52. The zero-order valence-electron chi connectivity index (χ0n) is 13.0. The lowest BCUT2D eigenvalue weighted by Gasteiger charge is -2.49. The molecule has 1 aliphatic carbocycles. The Hall–Kier alpha value is -0.120. The summed E-state index contributed by atoms with van der Waals surface area (Å²) in [5, 5.41) is 3.50. The Morgan fingerprint density at radius 2 is 1.94 bits per heavy atom. The first kappa shape index (κ1) is 15.9. The van der Waals surface area contributed by atoms with Crippen molar-refractivity contribution in [2.24, 2.45) is 5.92 Å². The van der Waals surface area contributed by atoms with Gasteiger partial charge >= 0.3 is 0 Å². The van der Waals surface area contributed by atoms with Crippen LogP contribution in [0.1, 0.15) is 46.0 Å². The second-order valence-corrected chi connectivity index (χ2v) is 6.10. The summed E-state index contributed by atoms with van der Waals surface area (Å²) in [6.07, 6.45) is 6.33. The van der Waals surface area contributed by atoms with Crippen molar-refractivity contribution in [2.45, 2.75) is 57.5 Å². The van der Waals surface area contributed by atoms with Gasteiger partial charge in [0.25, 0.3) is 0 Å². The molecule has 108 valence electrons. The highest BCUT2D eigenvalue weighted by molar-refractivity contribution is 5.01. The fourth-order valence-electron chi connectivity index (χ4n) is 3.22. The van der Waals surface area contributed by atoms with Gasteiger partial charge in [0, 0.05) is 18.2 Å². The molecule has 0 saturated heterocycles. The van der Waals surface area contributed by atoms with Gasteiger partial charge in [0.2, 0.25) is 0 Å². The summed E-state index contributed by atoms with van der Waals surface area (Å²) >= 11 is 0. The molecule has 0 bridgehead atoms. The molecule has 1 unspecified atom stereocenters. The second kappa shape index (κ2) is 7.46. The van der Waals surface area contributed by atoms with Crippen molar-refractivity contribution in [3.63, 3.8) is 0 Å². The fourth-order valence-corrected chi connectivity index (χ4v) is 3.22. The van der Waals surface area contributed by atoms with Gasteiger partial charge in [-0.3, -0.25) is 0 Å². The highest BCUT2D eigenvalue weighted by atomic mass is 16.5. The molecular formula is C15H32N2O. The van der Waals surface area contributed by atoms with Gasteiger partial charge in [0.05, 0.1) is 6.61 Å². The molecule has 0 amide bonds. The van der Waals surface area contributed by atoms with Crippen LogP contribution in [0.25, 0.3) is 0 Å². The van der Waals surface area contributed by atoms with E-state index in [0.717, 1.165) is 25.6 Å². The van der Waals surface area contributed by atoms with E-state index in [1.54, 1.807) is 0 Å². The lowest BCUT2D eigenvalue weighted by atomic mass is 9.72. The van der Waals surface area contributed by atoms with Gasteiger partial charge in [-0.2, -0.15) is 0 Å². The molecule has 3 heteroatoms. The molecule has 3 nitrogen and oxygen atoms in total. The third-order valence-corrected chi connectivity index (χ3v) is 4.66. The fraction of sp³-hybridized carbons (Fsp3) is 1.00. The van der Waals surface area contributed by atoms with Gasteiger partial charge in [0.1, 0.15) is 0 Å². The molecule has 0 aromatic carbocycles. The van der Waals surface area contributed by atoms with Crippen molar-refractivity contribution < 1.29 is 4.74 Å². The van der Waals surface area contributed by atoms with Gasteiger partial charge in [-0.25, -0.2) is 0 Å². The first-order valence-electron chi connectivity index (χ1n) is 7.49. The number of nitrogens with one attached hydrogen (secondary N) is 1. The van der Waals surface area contributed by atoms with Crippen molar-refractivity contribution in [2.75, 3.05) is 34.4 Å². The molecule has 1 atom stereocenters. The standard InChI is InChI=1S/C15H32N2O/c1-6-11-18-12-14(16-3)15(17(4)5)9-7-13(2)8-10-15/h13-14,16H,6-12H2,1-5H3. The van der Waals surface area contributed by atoms with Crippen LogP contribution in [0.15, 0.2) is 0 Å². The molecule has 0 radical (unpaired) electrons.